The van der Waals surface area contributed by atoms with E-state index in [0.717, 1.165) is 5.56 Å². The molecule has 1 aliphatic heterocycles. The quantitative estimate of drug-likeness (QED) is 0.897. The number of hydrogen-bond acceptors (Lipinski definition) is 4. The number of nitrogens with zero attached hydrogens (tertiary/aromatic N) is 1. The summed E-state index contributed by atoms with van der Waals surface area (Å²) in [6, 6.07) is 7.52. The van der Waals surface area contributed by atoms with Crippen LogP contribution in [0.3, 0.4) is 0 Å². The first-order valence-corrected chi connectivity index (χ1v) is 7.39. The third kappa shape index (κ3) is 4.41. The molecular formula is C15H21ClN2O3. The lowest BCUT2D eigenvalue weighted by molar-refractivity contribution is -0.141. The molecule has 2 rings (SSSR count). The molecule has 5 nitrogen and oxygen atoms in total. The van der Waals surface area contributed by atoms with Crippen molar-refractivity contribution in [3.63, 3.8) is 0 Å². The van der Waals surface area contributed by atoms with Gasteiger partial charge in [-0.25, -0.2) is 0 Å². The van der Waals surface area contributed by atoms with Crippen molar-refractivity contribution in [3.8, 4) is 0 Å². The average molecular weight is 313 g/mol. The van der Waals surface area contributed by atoms with Gasteiger partial charge in [0.25, 0.3) is 0 Å². The number of amides is 1. The molecule has 1 aromatic carbocycles. The third-order valence-corrected chi connectivity index (χ3v) is 3.91. The van der Waals surface area contributed by atoms with Gasteiger partial charge >= 0.3 is 0 Å². The fourth-order valence-corrected chi connectivity index (χ4v) is 2.47. The van der Waals surface area contributed by atoms with Crippen molar-refractivity contribution >= 4 is 17.5 Å². The van der Waals surface area contributed by atoms with Gasteiger partial charge in [0.05, 0.1) is 25.7 Å². The Morgan fingerprint density at radius 1 is 1.52 bits per heavy atom. The van der Waals surface area contributed by atoms with Crippen LogP contribution in [0, 0.1) is 0 Å². The van der Waals surface area contributed by atoms with Crippen LogP contribution in [0.2, 0.25) is 5.02 Å². The lowest BCUT2D eigenvalue weighted by Crippen LogP contribution is -2.44. The van der Waals surface area contributed by atoms with Gasteiger partial charge in [-0.3, -0.25) is 4.79 Å². The first-order valence-electron chi connectivity index (χ1n) is 7.01. The topological polar surface area (TPSA) is 64.8 Å². The molecule has 0 spiro atoms. The molecule has 6 heteroatoms. The maximum absolute atomic E-state index is 12.3. The lowest BCUT2D eigenvalue weighted by atomic mass is 10.1. The van der Waals surface area contributed by atoms with Gasteiger partial charge in [0.15, 0.2) is 0 Å². The molecule has 21 heavy (non-hydrogen) atoms. The van der Waals surface area contributed by atoms with Crippen molar-refractivity contribution in [3.05, 3.63) is 34.9 Å². The van der Waals surface area contributed by atoms with Crippen LogP contribution < -0.4 is 5.73 Å². The van der Waals surface area contributed by atoms with Gasteiger partial charge in [0, 0.05) is 25.2 Å². The van der Waals surface area contributed by atoms with Crippen molar-refractivity contribution in [1.82, 2.24) is 4.90 Å². The summed E-state index contributed by atoms with van der Waals surface area (Å²) in [5.74, 6) is 0.0505. The molecule has 2 atom stereocenters. The van der Waals surface area contributed by atoms with E-state index in [1.165, 1.54) is 0 Å². The first-order chi connectivity index (χ1) is 10.1. The number of methoxy groups -OCH3 is 1. The standard InChI is InChI=1S/C15H21ClN2O3/c1-20-13(9-17)8-15(19)18-6-7-21-14(10-18)11-2-4-12(16)5-3-11/h2-5,13-14H,6-10,17H2,1H3. The Labute approximate surface area is 130 Å². The summed E-state index contributed by atoms with van der Waals surface area (Å²) in [5, 5.41) is 0.688. The molecule has 116 valence electrons. The second-order valence-electron chi connectivity index (χ2n) is 5.05. The summed E-state index contributed by atoms with van der Waals surface area (Å²) in [4.78, 5) is 14.1. The molecule has 0 aliphatic carbocycles. The molecule has 0 bridgehead atoms. The monoisotopic (exact) mass is 312 g/mol. The van der Waals surface area contributed by atoms with E-state index in [2.05, 4.69) is 0 Å². The number of carbonyl (C=O) groups excluding carboxylic acids is 1. The van der Waals surface area contributed by atoms with Crippen LogP contribution in [0.25, 0.3) is 0 Å². The van der Waals surface area contributed by atoms with Gasteiger partial charge < -0.3 is 20.1 Å². The molecule has 1 fully saturated rings. The normalized spacial score (nSPS) is 20.3. The van der Waals surface area contributed by atoms with E-state index in [1.54, 1.807) is 7.11 Å². The Hall–Kier alpha value is -1.14. The highest BCUT2D eigenvalue weighted by molar-refractivity contribution is 6.30. The Bertz CT molecular complexity index is 462. The van der Waals surface area contributed by atoms with Gasteiger partial charge in [-0.1, -0.05) is 23.7 Å². The SMILES string of the molecule is COC(CN)CC(=O)N1CCOC(c2ccc(Cl)cc2)C1. The highest BCUT2D eigenvalue weighted by Crippen LogP contribution is 2.24. The number of hydrogen-bond donors (Lipinski definition) is 1. The average Bonchev–Trinajstić information content (AvgIpc) is 2.53. The van der Waals surface area contributed by atoms with Gasteiger partial charge in [0.2, 0.25) is 5.91 Å². The van der Waals surface area contributed by atoms with Crippen molar-refractivity contribution in [2.24, 2.45) is 5.73 Å². The predicted molar refractivity (Wildman–Crippen MR) is 81.2 cm³/mol. The van der Waals surface area contributed by atoms with Crippen molar-refractivity contribution in [2.45, 2.75) is 18.6 Å². The van der Waals surface area contributed by atoms with E-state index in [4.69, 9.17) is 26.8 Å². The number of benzene rings is 1. The number of rotatable bonds is 5. The Balaban J connectivity index is 1.97. The maximum Gasteiger partial charge on any atom is 0.225 e. The number of morpholine rings is 1. The van der Waals surface area contributed by atoms with Crippen molar-refractivity contribution in [2.75, 3.05) is 33.4 Å². The predicted octanol–water partition coefficient (Wildman–Crippen LogP) is 1.60. The Kier molecular flexibility index (Phi) is 5.99. The highest BCUT2D eigenvalue weighted by Gasteiger charge is 2.26. The fourth-order valence-electron chi connectivity index (χ4n) is 2.34. The van der Waals surface area contributed by atoms with E-state index >= 15 is 0 Å². The zero-order chi connectivity index (χ0) is 15.2. The van der Waals surface area contributed by atoms with E-state index in [-0.39, 0.29) is 18.1 Å². The number of halogens is 1. The fraction of sp³-hybridized carbons (Fsp3) is 0.533. The minimum absolute atomic E-state index is 0.0505. The molecule has 1 aliphatic rings. The molecule has 2 N–H and O–H groups in total. The maximum atomic E-state index is 12.3. The van der Waals surface area contributed by atoms with Crippen LogP contribution in [0.4, 0.5) is 0 Å². The smallest absolute Gasteiger partial charge is 0.225 e. The minimum atomic E-state index is -0.227. The Morgan fingerprint density at radius 2 is 2.24 bits per heavy atom. The van der Waals surface area contributed by atoms with Crippen molar-refractivity contribution in [1.29, 1.82) is 0 Å². The summed E-state index contributed by atoms with van der Waals surface area (Å²) in [6.45, 7) is 2.01. The zero-order valence-corrected chi connectivity index (χ0v) is 12.9. The van der Waals surface area contributed by atoms with E-state index < -0.39 is 0 Å². The number of nitrogens with two attached hydrogens (primary N) is 1. The molecule has 2 unspecified atom stereocenters. The number of carbonyl (C=O) groups is 1. The van der Waals surface area contributed by atoms with Crippen LogP contribution in [-0.4, -0.2) is 50.3 Å². The van der Waals surface area contributed by atoms with Crippen LogP contribution in [-0.2, 0) is 14.3 Å². The summed E-state index contributed by atoms with van der Waals surface area (Å²) in [5.41, 5.74) is 6.59. The van der Waals surface area contributed by atoms with Crippen molar-refractivity contribution < 1.29 is 14.3 Å². The van der Waals surface area contributed by atoms with Crippen LogP contribution in [0.1, 0.15) is 18.1 Å². The third-order valence-electron chi connectivity index (χ3n) is 3.66. The summed E-state index contributed by atoms with van der Waals surface area (Å²) < 4.78 is 10.9. The Morgan fingerprint density at radius 3 is 2.86 bits per heavy atom. The first kappa shape index (κ1) is 16.2. The van der Waals surface area contributed by atoms with Crippen LogP contribution >= 0.6 is 11.6 Å². The molecule has 0 saturated carbocycles. The molecule has 1 heterocycles. The largest absolute Gasteiger partial charge is 0.380 e. The summed E-state index contributed by atoms with van der Waals surface area (Å²) in [6.07, 6.45) is -0.0338. The second-order valence-corrected chi connectivity index (χ2v) is 5.48. The zero-order valence-electron chi connectivity index (χ0n) is 12.1. The number of ether oxygens (including phenoxy) is 2. The van der Waals surface area contributed by atoms with E-state index in [1.807, 2.05) is 29.2 Å². The molecule has 1 aromatic rings. The van der Waals surface area contributed by atoms with Crippen LogP contribution in [0.5, 0.6) is 0 Å². The minimum Gasteiger partial charge on any atom is -0.380 e. The lowest BCUT2D eigenvalue weighted by Gasteiger charge is -2.34. The van der Waals surface area contributed by atoms with E-state index in [0.29, 0.717) is 37.7 Å². The molecule has 0 aromatic heterocycles. The van der Waals surface area contributed by atoms with Gasteiger partial charge in [0.1, 0.15) is 6.10 Å². The molecule has 0 radical (unpaired) electrons. The molecular weight excluding hydrogens is 292 g/mol. The summed E-state index contributed by atoms with van der Waals surface area (Å²) in [7, 11) is 1.57. The molecule has 1 amide bonds. The summed E-state index contributed by atoms with van der Waals surface area (Å²) >= 11 is 5.89. The van der Waals surface area contributed by atoms with E-state index in [9.17, 15) is 4.79 Å². The van der Waals surface area contributed by atoms with Gasteiger partial charge in [-0.05, 0) is 17.7 Å². The van der Waals surface area contributed by atoms with Crippen LogP contribution in [0.15, 0.2) is 24.3 Å². The van der Waals surface area contributed by atoms with Gasteiger partial charge in [-0.2, -0.15) is 0 Å². The highest BCUT2D eigenvalue weighted by atomic mass is 35.5. The molecule has 1 saturated heterocycles. The van der Waals surface area contributed by atoms with Gasteiger partial charge in [-0.15, -0.1) is 0 Å². The second kappa shape index (κ2) is 7.75.